The molecular weight excluding hydrogens is 391 g/mol. The van der Waals surface area contributed by atoms with E-state index in [2.05, 4.69) is 5.32 Å². The van der Waals surface area contributed by atoms with Crippen molar-refractivity contribution in [1.82, 2.24) is 9.88 Å². The van der Waals surface area contributed by atoms with Crippen LogP contribution in [0.5, 0.6) is 5.75 Å². The Bertz CT molecular complexity index is 1250. The number of thiophene rings is 1. The summed E-state index contributed by atoms with van der Waals surface area (Å²) in [5.41, 5.74) is 0.815. The second-order valence-electron chi connectivity index (χ2n) is 6.51. The quantitative estimate of drug-likeness (QED) is 0.526. The van der Waals surface area contributed by atoms with E-state index in [-0.39, 0.29) is 24.4 Å². The summed E-state index contributed by atoms with van der Waals surface area (Å²) in [5.74, 6) is -1.55. The number of halogens is 1. The minimum absolute atomic E-state index is 0.0917. The van der Waals surface area contributed by atoms with Gasteiger partial charge >= 0.3 is 0 Å². The average molecular weight is 408 g/mol. The number of benzene rings is 2. The standard InChI is InChI=1S/C22H17FN2O3S/c23-16-9-5-4-8-15(16)12-24-21(27)18-19(26)20-17(10-11-29-20)25(22(18)28)13-14-6-2-1-3-7-14/h1-11,26H,12-13H2,(H,24,27). The second-order valence-corrected chi connectivity index (χ2v) is 7.43. The molecule has 0 aliphatic rings. The largest absolute Gasteiger partial charge is 0.505 e. The lowest BCUT2D eigenvalue weighted by Gasteiger charge is -2.13. The van der Waals surface area contributed by atoms with E-state index in [4.69, 9.17) is 0 Å². The maximum Gasteiger partial charge on any atom is 0.268 e. The molecule has 0 unspecified atom stereocenters. The molecule has 0 saturated heterocycles. The summed E-state index contributed by atoms with van der Waals surface area (Å²) in [7, 11) is 0. The first-order chi connectivity index (χ1) is 14.1. The van der Waals surface area contributed by atoms with E-state index in [1.165, 1.54) is 22.0 Å². The van der Waals surface area contributed by atoms with Crippen molar-refractivity contribution in [1.29, 1.82) is 0 Å². The second kappa shape index (κ2) is 7.89. The molecule has 1 amide bonds. The Labute approximate surface area is 169 Å². The molecule has 2 N–H and O–H groups in total. The fourth-order valence-corrected chi connectivity index (χ4v) is 4.03. The summed E-state index contributed by atoms with van der Waals surface area (Å²) in [4.78, 5) is 25.8. The van der Waals surface area contributed by atoms with Crippen LogP contribution in [0.25, 0.3) is 10.2 Å². The molecule has 4 aromatic rings. The predicted molar refractivity (Wildman–Crippen MR) is 111 cm³/mol. The van der Waals surface area contributed by atoms with E-state index in [1.54, 1.807) is 29.6 Å². The summed E-state index contributed by atoms with van der Waals surface area (Å²) >= 11 is 1.25. The van der Waals surface area contributed by atoms with Gasteiger partial charge in [-0.25, -0.2) is 4.39 Å². The first kappa shape index (κ1) is 18.9. The third kappa shape index (κ3) is 3.64. The fourth-order valence-electron chi connectivity index (χ4n) is 3.18. The Morgan fingerprint density at radius 3 is 2.55 bits per heavy atom. The number of nitrogens with zero attached hydrogens (tertiary/aromatic N) is 1. The monoisotopic (exact) mass is 408 g/mol. The zero-order valence-corrected chi connectivity index (χ0v) is 16.1. The van der Waals surface area contributed by atoms with Crippen LogP contribution in [0, 0.1) is 5.82 Å². The number of fused-ring (bicyclic) bond motifs is 1. The van der Waals surface area contributed by atoms with Crippen LogP contribution >= 0.6 is 11.3 Å². The van der Waals surface area contributed by atoms with Gasteiger partial charge in [0.1, 0.15) is 11.4 Å². The Kier molecular flexibility index (Phi) is 5.14. The highest BCUT2D eigenvalue weighted by Crippen LogP contribution is 2.31. The normalized spacial score (nSPS) is 10.9. The van der Waals surface area contributed by atoms with Crippen LogP contribution in [0.2, 0.25) is 0 Å². The van der Waals surface area contributed by atoms with Gasteiger partial charge in [0.15, 0.2) is 5.75 Å². The molecule has 146 valence electrons. The van der Waals surface area contributed by atoms with Crippen molar-refractivity contribution >= 4 is 27.5 Å². The van der Waals surface area contributed by atoms with Crippen LogP contribution in [-0.2, 0) is 13.1 Å². The number of hydrogen-bond donors (Lipinski definition) is 2. The van der Waals surface area contributed by atoms with E-state index in [0.717, 1.165) is 5.56 Å². The van der Waals surface area contributed by atoms with E-state index >= 15 is 0 Å². The number of rotatable bonds is 5. The summed E-state index contributed by atoms with van der Waals surface area (Å²) in [6.07, 6.45) is 0. The molecule has 0 aliphatic heterocycles. The number of carbonyl (C=O) groups is 1. The van der Waals surface area contributed by atoms with Crippen LogP contribution in [-0.4, -0.2) is 15.6 Å². The van der Waals surface area contributed by atoms with Gasteiger partial charge in [-0.05, 0) is 23.1 Å². The lowest BCUT2D eigenvalue weighted by atomic mass is 10.1. The minimum atomic E-state index is -0.743. The molecule has 0 radical (unpaired) electrons. The Morgan fingerprint density at radius 1 is 1.07 bits per heavy atom. The van der Waals surface area contributed by atoms with Crippen molar-refractivity contribution in [2.75, 3.05) is 0 Å². The van der Waals surface area contributed by atoms with Crippen LogP contribution in [0.3, 0.4) is 0 Å². The third-order valence-electron chi connectivity index (χ3n) is 4.65. The van der Waals surface area contributed by atoms with Gasteiger partial charge in [0.2, 0.25) is 0 Å². The number of amides is 1. The lowest BCUT2D eigenvalue weighted by Crippen LogP contribution is -2.33. The van der Waals surface area contributed by atoms with Gasteiger partial charge in [-0.3, -0.25) is 9.59 Å². The molecule has 0 atom stereocenters. The lowest BCUT2D eigenvalue weighted by molar-refractivity contribution is 0.0946. The van der Waals surface area contributed by atoms with Crippen molar-refractivity contribution in [3.63, 3.8) is 0 Å². The van der Waals surface area contributed by atoms with Crippen LogP contribution in [0.4, 0.5) is 4.39 Å². The molecule has 2 aromatic carbocycles. The highest BCUT2D eigenvalue weighted by atomic mass is 32.1. The van der Waals surface area contributed by atoms with Gasteiger partial charge < -0.3 is 15.0 Å². The van der Waals surface area contributed by atoms with Crippen LogP contribution < -0.4 is 10.9 Å². The number of carbonyl (C=O) groups excluding carboxylic acids is 1. The van der Waals surface area contributed by atoms with Crippen molar-refractivity contribution in [3.8, 4) is 5.75 Å². The van der Waals surface area contributed by atoms with Gasteiger partial charge in [-0.2, -0.15) is 0 Å². The third-order valence-corrected chi connectivity index (χ3v) is 5.56. The van der Waals surface area contributed by atoms with Crippen molar-refractivity contribution in [2.24, 2.45) is 0 Å². The Balaban J connectivity index is 1.73. The van der Waals surface area contributed by atoms with Crippen molar-refractivity contribution in [2.45, 2.75) is 13.1 Å². The van der Waals surface area contributed by atoms with Crippen LogP contribution in [0.15, 0.2) is 70.8 Å². The van der Waals surface area contributed by atoms with Crippen molar-refractivity contribution in [3.05, 3.63) is 98.9 Å². The summed E-state index contributed by atoms with van der Waals surface area (Å²) in [6, 6.07) is 17.2. The highest BCUT2D eigenvalue weighted by molar-refractivity contribution is 7.17. The number of aromatic hydroxyl groups is 1. The maximum atomic E-state index is 13.8. The first-order valence-electron chi connectivity index (χ1n) is 8.94. The van der Waals surface area contributed by atoms with Gasteiger partial charge in [-0.15, -0.1) is 11.3 Å². The summed E-state index contributed by atoms with van der Waals surface area (Å²) in [6.45, 7) is 0.173. The molecule has 5 nitrogen and oxygen atoms in total. The zero-order chi connectivity index (χ0) is 20.4. The van der Waals surface area contributed by atoms with E-state index in [1.807, 2.05) is 30.3 Å². The molecule has 0 bridgehead atoms. The molecule has 0 saturated carbocycles. The molecule has 2 aromatic heterocycles. The molecule has 4 rings (SSSR count). The molecular formula is C22H17FN2O3S. The Hall–Kier alpha value is -3.45. The Morgan fingerprint density at radius 2 is 1.79 bits per heavy atom. The number of pyridine rings is 1. The van der Waals surface area contributed by atoms with Gasteiger partial charge in [-0.1, -0.05) is 48.5 Å². The van der Waals surface area contributed by atoms with E-state index in [9.17, 15) is 19.1 Å². The van der Waals surface area contributed by atoms with Gasteiger partial charge in [0.25, 0.3) is 11.5 Å². The number of aromatic nitrogens is 1. The van der Waals surface area contributed by atoms with E-state index < -0.39 is 17.3 Å². The molecule has 0 fully saturated rings. The van der Waals surface area contributed by atoms with Crippen LogP contribution in [0.1, 0.15) is 21.5 Å². The smallest absolute Gasteiger partial charge is 0.268 e. The highest BCUT2D eigenvalue weighted by Gasteiger charge is 2.23. The molecule has 0 spiro atoms. The van der Waals surface area contributed by atoms with E-state index in [0.29, 0.717) is 15.8 Å². The molecule has 29 heavy (non-hydrogen) atoms. The van der Waals surface area contributed by atoms with Crippen molar-refractivity contribution < 1.29 is 14.3 Å². The number of hydrogen-bond acceptors (Lipinski definition) is 4. The molecule has 7 heteroatoms. The average Bonchev–Trinajstić information content (AvgIpc) is 3.21. The van der Waals surface area contributed by atoms with Gasteiger partial charge in [0, 0.05) is 12.1 Å². The number of nitrogens with one attached hydrogen (secondary N) is 1. The van der Waals surface area contributed by atoms with Gasteiger partial charge in [0.05, 0.1) is 16.8 Å². The predicted octanol–water partition coefficient (Wildman–Crippen LogP) is 3.89. The fraction of sp³-hybridized carbons (Fsp3) is 0.0909. The molecule has 0 aliphatic carbocycles. The molecule has 2 heterocycles. The minimum Gasteiger partial charge on any atom is -0.505 e. The zero-order valence-electron chi connectivity index (χ0n) is 15.3. The summed E-state index contributed by atoms with van der Waals surface area (Å²) in [5, 5.41) is 14.9. The maximum absolute atomic E-state index is 13.8. The SMILES string of the molecule is O=C(NCc1ccccc1F)c1c(O)c2sccc2n(Cc2ccccc2)c1=O. The summed E-state index contributed by atoms with van der Waals surface area (Å²) < 4.78 is 15.7. The topological polar surface area (TPSA) is 71.3 Å². The first-order valence-corrected chi connectivity index (χ1v) is 9.82.